The highest BCUT2D eigenvalue weighted by Crippen LogP contribution is 2.14. The molecule has 2 N–H and O–H groups in total. The summed E-state index contributed by atoms with van der Waals surface area (Å²) in [6.45, 7) is 7.86. The highest BCUT2D eigenvalue weighted by atomic mass is 32.2. The van der Waals surface area contributed by atoms with Crippen LogP contribution in [0.2, 0.25) is 0 Å². The van der Waals surface area contributed by atoms with Gasteiger partial charge in [0.2, 0.25) is 10.0 Å². The predicted octanol–water partition coefficient (Wildman–Crippen LogP) is 1.13. The van der Waals surface area contributed by atoms with Crippen LogP contribution in [0, 0.1) is 5.92 Å². The number of piperazine rings is 1. The van der Waals surface area contributed by atoms with Crippen molar-refractivity contribution in [3.05, 3.63) is 24.4 Å². The van der Waals surface area contributed by atoms with E-state index in [-0.39, 0.29) is 5.75 Å². The number of pyridine rings is 1. The fourth-order valence-corrected chi connectivity index (χ4v) is 4.44. The monoisotopic (exact) mass is 410 g/mol. The van der Waals surface area contributed by atoms with Crippen molar-refractivity contribution in [1.82, 2.24) is 19.9 Å². The average molecular weight is 411 g/mol. The Morgan fingerprint density at radius 1 is 1.18 bits per heavy atom. The molecule has 2 heterocycles. The summed E-state index contributed by atoms with van der Waals surface area (Å²) in [4.78, 5) is 10.6. The molecule has 0 aromatic carbocycles. The summed E-state index contributed by atoms with van der Waals surface area (Å²) >= 11 is 0. The molecule has 1 saturated heterocycles. The Morgan fingerprint density at radius 3 is 2.50 bits per heavy atom. The molecule has 2 rings (SSSR count). The Bertz CT molecular complexity index is 700. The minimum absolute atomic E-state index is 0.0588. The van der Waals surface area contributed by atoms with Crippen molar-refractivity contribution in [2.45, 2.75) is 26.7 Å². The third-order valence-electron chi connectivity index (χ3n) is 4.73. The standard InChI is InChI=1S/C19H34N6O2S/c1-17(2)7-6-10-22-19(20-3)23-11-16-28(26,27)25-14-12-24(13-15-25)18-8-4-5-9-21-18/h4-5,8-9,17H,6-7,10-16H2,1-3H3,(H2,20,22,23). The van der Waals surface area contributed by atoms with Gasteiger partial charge in [0.05, 0.1) is 5.75 Å². The van der Waals surface area contributed by atoms with Crippen molar-refractivity contribution in [2.75, 3.05) is 57.0 Å². The molecule has 158 valence electrons. The van der Waals surface area contributed by atoms with E-state index >= 15 is 0 Å². The zero-order valence-electron chi connectivity index (χ0n) is 17.3. The molecule has 1 fully saturated rings. The first-order valence-corrected chi connectivity index (χ1v) is 11.6. The lowest BCUT2D eigenvalue weighted by Gasteiger charge is -2.34. The molecule has 1 aliphatic rings. The lowest BCUT2D eigenvalue weighted by molar-refractivity contribution is 0.384. The molecule has 1 aromatic rings. The van der Waals surface area contributed by atoms with E-state index in [9.17, 15) is 8.42 Å². The SMILES string of the molecule is CN=C(NCCCC(C)C)NCCS(=O)(=O)N1CCN(c2ccccn2)CC1. The topological polar surface area (TPSA) is 89.9 Å². The molecular formula is C19H34N6O2S. The first-order valence-electron chi connectivity index (χ1n) is 10.0. The first kappa shape index (κ1) is 22.4. The summed E-state index contributed by atoms with van der Waals surface area (Å²) in [6.07, 6.45) is 3.98. The fourth-order valence-electron chi connectivity index (χ4n) is 3.10. The highest BCUT2D eigenvalue weighted by molar-refractivity contribution is 7.89. The number of sulfonamides is 1. The van der Waals surface area contributed by atoms with Crippen LogP contribution in [-0.2, 0) is 10.0 Å². The smallest absolute Gasteiger partial charge is 0.215 e. The number of guanidine groups is 1. The third kappa shape index (κ3) is 7.27. The molecule has 8 nitrogen and oxygen atoms in total. The highest BCUT2D eigenvalue weighted by Gasteiger charge is 2.27. The van der Waals surface area contributed by atoms with Crippen LogP contribution in [0.4, 0.5) is 5.82 Å². The Labute approximate surface area is 169 Å². The van der Waals surface area contributed by atoms with E-state index in [0.717, 1.165) is 25.2 Å². The number of hydrogen-bond acceptors (Lipinski definition) is 5. The van der Waals surface area contributed by atoms with Crippen molar-refractivity contribution in [3.8, 4) is 0 Å². The maximum atomic E-state index is 12.6. The predicted molar refractivity (Wildman–Crippen MR) is 115 cm³/mol. The number of hydrogen-bond donors (Lipinski definition) is 2. The summed E-state index contributed by atoms with van der Waals surface area (Å²) in [5.74, 6) is 2.29. The van der Waals surface area contributed by atoms with Gasteiger partial charge >= 0.3 is 0 Å². The number of anilines is 1. The summed E-state index contributed by atoms with van der Waals surface area (Å²) < 4.78 is 26.8. The maximum Gasteiger partial charge on any atom is 0.215 e. The fraction of sp³-hybridized carbons (Fsp3) is 0.684. The second kappa shape index (κ2) is 11.2. The number of nitrogens with zero attached hydrogens (tertiary/aromatic N) is 4. The van der Waals surface area contributed by atoms with Gasteiger partial charge in [-0.1, -0.05) is 19.9 Å². The Balaban J connectivity index is 1.72. The molecule has 0 unspecified atom stereocenters. The molecule has 0 saturated carbocycles. The van der Waals surface area contributed by atoms with E-state index < -0.39 is 10.0 Å². The minimum Gasteiger partial charge on any atom is -0.356 e. The van der Waals surface area contributed by atoms with Crippen LogP contribution in [0.3, 0.4) is 0 Å². The number of rotatable bonds is 9. The molecule has 0 aliphatic carbocycles. The van der Waals surface area contributed by atoms with Crippen molar-refractivity contribution < 1.29 is 8.42 Å². The molecule has 28 heavy (non-hydrogen) atoms. The molecule has 1 aromatic heterocycles. The summed E-state index contributed by atoms with van der Waals surface area (Å²) in [6, 6.07) is 5.78. The van der Waals surface area contributed by atoms with Crippen LogP contribution in [-0.4, -0.2) is 75.7 Å². The van der Waals surface area contributed by atoms with Gasteiger partial charge in [-0.05, 0) is 30.9 Å². The summed E-state index contributed by atoms with van der Waals surface area (Å²) in [5, 5.41) is 6.33. The van der Waals surface area contributed by atoms with E-state index in [4.69, 9.17) is 0 Å². The van der Waals surface area contributed by atoms with Gasteiger partial charge in [0.25, 0.3) is 0 Å². The average Bonchev–Trinajstić information content (AvgIpc) is 2.70. The van der Waals surface area contributed by atoms with Crippen LogP contribution in [0.1, 0.15) is 26.7 Å². The van der Waals surface area contributed by atoms with E-state index in [1.54, 1.807) is 17.5 Å². The van der Waals surface area contributed by atoms with Crippen molar-refractivity contribution in [2.24, 2.45) is 10.9 Å². The van der Waals surface area contributed by atoms with Crippen LogP contribution in [0.15, 0.2) is 29.4 Å². The first-order chi connectivity index (χ1) is 13.4. The van der Waals surface area contributed by atoms with Crippen molar-refractivity contribution in [1.29, 1.82) is 0 Å². The Hall–Kier alpha value is -1.87. The molecular weight excluding hydrogens is 376 g/mol. The second-order valence-corrected chi connectivity index (χ2v) is 9.44. The molecule has 0 atom stereocenters. The van der Waals surface area contributed by atoms with Crippen LogP contribution in [0.5, 0.6) is 0 Å². The largest absolute Gasteiger partial charge is 0.356 e. The molecule has 0 bridgehead atoms. The van der Waals surface area contributed by atoms with Gasteiger partial charge in [0.1, 0.15) is 5.82 Å². The number of nitrogens with one attached hydrogen (secondary N) is 2. The van der Waals surface area contributed by atoms with Gasteiger partial charge in [0, 0.05) is 52.5 Å². The number of aromatic nitrogens is 1. The summed E-state index contributed by atoms with van der Waals surface area (Å²) in [7, 11) is -1.59. The van der Waals surface area contributed by atoms with Gasteiger partial charge in [-0.25, -0.2) is 13.4 Å². The molecule has 0 radical (unpaired) electrons. The maximum absolute atomic E-state index is 12.6. The van der Waals surface area contributed by atoms with E-state index in [2.05, 4.69) is 39.4 Å². The van der Waals surface area contributed by atoms with Crippen LogP contribution < -0.4 is 15.5 Å². The summed E-state index contributed by atoms with van der Waals surface area (Å²) in [5.41, 5.74) is 0. The molecule has 0 amide bonds. The molecule has 1 aliphatic heterocycles. The minimum atomic E-state index is -3.29. The van der Waals surface area contributed by atoms with Gasteiger partial charge < -0.3 is 15.5 Å². The lowest BCUT2D eigenvalue weighted by Crippen LogP contribution is -2.50. The van der Waals surface area contributed by atoms with Crippen molar-refractivity contribution >= 4 is 21.8 Å². The quantitative estimate of drug-likeness (QED) is 0.360. The zero-order chi connectivity index (χ0) is 20.4. The van der Waals surface area contributed by atoms with E-state index in [1.165, 1.54) is 0 Å². The third-order valence-corrected chi connectivity index (χ3v) is 6.60. The van der Waals surface area contributed by atoms with Gasteiger partial charge in [-0.2, -0.15) is 4.31 Å². The lowest BCUT2D eigenvalue weighted by atomic mass is 10.1. The second-order valence-electron chi connectivity index (χ2n) is 7.35. The molecule has 9 heteroatoms. The van der Waals surface area contributed by atoms with Crippen LogP contribution >= 0.6 is 0 Å². The Kier molecular flexibility index (Phi) is 8.98. The molecule has 0 spiro atoms. The normalized spacial score (nSPS) is 16.4. The van der Waals surface area contributed by atoms with Crippen molar-refractivity contribution in [3.63, 3.8) is 0 Å². The van der Waals surface area contributed by atoms with Crippen LogP contribution in [0.25, 0.3) is 0 Å². The Morgan fingerprint density at radius 2 is 1.89 bits per heavy atom. The van der Waals surface area contributed by atoms with E-state index in [1.807, 2.05) is 18.2 Å². The van der Waals surface area contributed by atoms with Gasteiger partial charge in [0.15, 0.2) is 5.96 Å². The van der Waals surface area contributed by atoms with E-state index in [0.29, 0.717) is 44.6 Å². The zero-order valence-corrected chi connectivity index (χ0v) is 18.1. The van der Waals surface area contributed by atoms with Gasteiger partial charge in [-0.3, -0.25) is 4.99 Å². The van der Waals surface area contributed by atoms with Gasteiger partial charge in [-0.15, -0.1) is 0 Å². The number of aliphatic imine (C=N–C) groups is 1.